The van der Waals surface area contributed by atoms with Crippen molar-refractivity contribution in [1.82, 2.24) is 4.98 Å². The van der Waals surface area contributed by atoms with Gasteiger partial charge in [-0.1, -0.05) is 6.92 Å². The Kier molecular flexibility index (Phi) is 2.29. The number of carboxylic acids is 1. The van der Waals surface area contributed by atoms with Crippen molar-refractivity contribution in [3.8, 4) is 11.5 Å². The Bertz CT molecular complexity index is 572. The Morgan fingerprint density at radius 2 is 2.41 bits per heavy atom. The molecule has 1 aliphatic carbocycles. The van der Waals surface area contributed by atoms with Gasteiger partial charge in [0.25, 0.3) is 0 Å². The van der Waals surface area contributed by atoms with Gasteiger partial charge in [0.05, 0.1) is 10.6 Å². The summed E-state index contributed by atoms with van der Waals surface area (Å²) >= 11 is 1.62. The highest BCUT2D eigenvalue weighted by Gasteiger charge is 2.36. The van der Waals surface area contributed by atoms with E-state index in [0.29, 0.717) is 11.7 Å². The summed E-state index contributed by atoms with van der Waals surface area (Å²) in [5, 5.41) is 11.9. The number of carboxylic acid groups (broad SMARTS) is 1. The van der Waals surface area contributed by atoms with Crippen molar-refractivity contribution >= 4 is 17.3 Å². The minimum Gasteiger partial charge on any atom is -0.478 e. The molecule has 0 bridgehead atoms. The van der Waals surface area contributed by atoms with E-state index in [4.69, 9.17) is 9.52 Å². The second-order valence-electron chi connectivity index (χ2n) is 4.40. The summed E-state index contributed by atoms with van der Waals surface area (Å²) in [7, 11) is 0. The van der Waals surface area contributed by atoms with Gasteiger partial charge in [0, 0.05) is 17.4 Å². The van der Waals surface area contributed by atoms with Crippen molar-refractivity contribution in [3.05, 3.63) is 28.3 Å². The van der Waals surface area contributed by atoms with Gasteiger partial charge in [-0.2, -0.15) is 0 Å². The number of aromatic nitrogens is 1. The van der Waals surface area contributed by atoms with Crippen molar-refractivity contribution in [2.24, 2.45) is 5.92 Å². The third kappa shape index (κ3) is 1.86. The Morgan fingerprint density at radius 3 is 3.00 bits per heavy atom. The summed E-state index contributed by atoms with van der Waals surface area (Å²) in [6.45, 7) is 2.21. The van der Waals surface area contributed by atoms with Gasteiger partial charge in [-0.3, -0.25) is 0 Å². The number of aromatic carboxylic acids is 1. The van der Waals surface area contributed by atoms with Crippen LogP contribution in [0.25, 0.3) is 11.5 Å². The molecule has 0 aliphatic heterocycles. The van der Waals surface area contributed by atoms with Crippen LogP contribution in [-0.4, -0.2) is 16.1 Å². The zero-order valence-corrected chi connectivity index (χ0v) is 10.0. The van der Waals surface area contributed by atoms with Crippen LogP contribution in [-0.2, 0) is 0 Å². The van der Waals surface area contributed by atoms with Crippen LogP contribution in [0.2, 0.25) is 0 Å². The van der Waals surface area contributed by atoms with E-state index < -0.39 is 5.97 Å². The standard InChI is InChI=1S/C12H11NO3S/c1-6-2-8(6)11-13-9(5-17-11)10-3-7(4-16-10)12(14)15/h3-6,8H,2H2,1H3,(H,14,15). The first-order valence-corrected chi connectivity index (χ1v) is 6.30. The molecule has 0 saturated heterocycles. The van der Waals surface area contributed by atoms with Gasteiger partial charge in [-0.25, -0.2) is 9.78 Å². The van der Waals surface area contributed by atoms with E-state index in [-0.39, 0.29) is 5.56 Å². The zero-order valence-electron chi connectivity index (χ0n) is 9.21. The highest BCUT2D eigenvalue weighted by atomic mass is 32.1. The molecule has 2 aromatic heterocycles. The van der Waals surface area contributed by atoms with Crippen LogP contribution in [0.15, 0.2) is 22.1 Å². The van der Waals surface area contributed by atoms with E-state index >= 15 is 0 Å². The number of hydrogen-bond acceptors (Lipinski definition) is 4. The van der Waals surface area contributed by atoms with Crippen molar-refractivity contribution in [2.45, 2.75) is 19.3 Å². The van der Waals surface area contributed by atoms with Crippen LogP contribution in [0.3, 0.4) is 0 Å². The lowest BCUT2D eigenvalue weighted by molar-refractivity contribution is 0.0696. The van der Waals surface area contributed by atoms with E-state index in [9.17, 15) is 4.79 Å². The fourth-order valence-corrected chi connectivity index (χ4v) is 2.88. The molecule has 0 amide bonds. The summed E-state index contributed by atoms with van der Waals surface area (Å²) < 4.78 is 5.22. The normalized spacial score (nSPS) is 22.6. The molecule has 0 aromatic carbocycles. The molecule has 3 rings (SSSR count). The molecular formula is C12H11NO3S. The maximum Gasteiger partial charge on any atom is 0.338 e. The first-order valence-electron chi connectivity index (χ1n) is 5.43. The fraction of sp³-hybridized carbons (Fsp3) is 0.333. The molecule has 2 heterocycles. The van der Waals surface area contributed by atoms with Gasteiger partial charge < -0.3 is 9.52 Å². The highest BCUT2D eigenvalue weighted by Crippen LogP contribution is 2.48. The minimum absolute atomic E-state index is 0.161. The maximum absolute atomic E-state index is 10.7. The van der Waals surface area contributed by atoms with Gasteiger partial charge in [0.15, 0.2) is 5.76 Å². The monoisotopic (exact) mass is 249 g/mol. The predicted molar refractivity (Wildman–Crippen MR) is 63.3 cm³/mol. The number of hydrogen-bond donors (Lipinski definition) is 1. The smallest absolute Gasteiger partial charge is 0.338 e. The molecule has 1 saturated carbocycles. The van der Waals surface area contributed by atoms with E-state index in [1.807, 2.05) is 5.38 Å². The van der Waals surface area contributed by atoms with Crippen LogP contribution in [0.5, 0.6) is 0 Å². The molecular weight excluding hydrogens is 238 g/mol. The van der Waals surface area contributed by atoms with Gasteiger partial charge in [0.2, 0.25) is 0 Å². The average Bonchev–Trinajstić information content (AvgIpc) is 2.78. The number of furan rings is 1. The molecule has 1 aliphatic rings. The first-order chi connectivity index (χ1) is 8.15. The minimum atomic E-state index is -0.980. The van der Waals surface area contributed by atoms with Gasteiger partial charge in [-0.15, -0.1) is 11.3 Å². The molecule has 4 nitrogen and oxygen atoms in total. The summed E-state index contributed by atoms with van der Waals surface area (Å²) in [6, 6.07) is 1.51. The van der Waals surface area contributed by atoms with Crippen molar-refractivity contribution in [2.75, 3.05) is 0 Å². The summed E-state index contributed by atoms with van der Waals surface area (Å²) in [5.41, 5.74) is 0.894. The maximum atomic E-state index is 10.7. The third-order valence-corrected chi connectivity index (χ3v) is 4.02. The lowest BCUT2D eigenvalue weighted by atomic mass is 10.3. The lowest BCUT2D eigenvalue weighted by Crippen LogP contribution is -1.91. The molecule has 1 fully saturated rings. The van der Waals surface area contributed by atoms with Crippen molar-refractivity contribution < 1.29 is 14.3 Å². The molecule has 2 atom stereocenters. The largest absolute Gasteiger partial charge is 0.478 e. The molecule has 5 heteroatoms. The molecule has 17 heavy (non-hydrogen) atoms. The summed E-state index contributed by atoms with van der Waals surface area (Å²) in [4.78, 5) is 15.2. The molecule has 2 aromatic rings. The SMILES string of the molecule is CC1CC1c1nc(-c2cc(C(=O)O)co2)cs1. The zero-order chi connectivity index (χ0) is 12.0. The molecule has 1 N–H and O–H groups in total. The quantitative estimate of drug-likeness (QED) is 0.907. The molecule has 88 valence electrons. The van der Waals surface area contributed by atoms with E-state index in [1.165, 1.54) is 18.8 Å². The fourth-order valence-electron chi connectivity index (χ4n) is 1.82. The topological polar surface area (TPSA) is 63.3 Å². The Morgan fingerprint density at radius 1 is 1.65 bits per heavy atom. The Balaban J connectivity index is 1.87. The summed E-state index contributed by atoms with van der Waals surface area (Å²) in [6.07, 6.45) is 2.45. The predicted octanol–water partition coefficient (Wildman–Crippen LogP) is 3.22. The van der Waals surface area contributed by atoms with E-state index in [0.717, 1.165) is 16.6 Å². The Labute approximate surface area is 102 Å². The van der Waals surface area contributed by atoms with Crippen LogP contribution in [0.1, 0.15) is 34.6 Å². The van der Waals surface area contributed by atoms with Crippen LogP contribution in [0.4, 0.5) is 0 Å². The Hall–Kier alpha value is -1.62. The third-order valence-electron chi connectivity index (χ3n) is 3.05. The number of nitrogens with zero attached hydrogens (tertiary/aromatic N) is 1. The number of thiazole rings is 1. The van der Waals surface area contributed by atoms with E-state index in [2.05, 4.69) is 11.9 Å². The van der Waals surface area contributed by atoms with Crippen molar-refractivity contribution in [3.63, 3.8) is 0 Å². The number of carbonyl (C=O) groups is 1. The van der Waals surface area contributed by atoms with Gasteiger partial charge in [-0.05, 0) is 12.3 Å². The van der Waals surface area contributed by atoms with Crippen LogP contribution >= 0.6 is 11.3 Å². The first kappa shape index (κ1) is 10.5. The molecule has 0 spiro atoms. The van der Waals surface area contributed by atoms with Gasteiger partial charge in [0.1, 0.15) is 12.0 Å². The van der Waals surface area contributed by atoms with E-state index in [1.54, 1.807) is 11.3 Å². The second-order valence-corrected chi connectivity index (χ2v) is 5.28. The average molecular weight is 249 g/mol. The van der Waals surface area contributed by atoms with Crippen LogP contribution < -0.4 is 0 Å². The molecule has 0 radical (unpaired) electrons. The van der Waals surface area contributed by atoms with Crippen LogP contribution in [0, 0.1) is 5.92 Å². The highest BCUT2D eigenvalue weighted by molar-refractivity contribution is 7.10. The number of rotatable bonds is 3. The van der Waals surface area contributed by atoms with Gasteiger partial charge >= 0.3 is 5.97 Å². The second kappa shape index (κ2) is 3.70. The lowest BCUT2D eigenvalue weighted by Gasteiger charge is -1.89. The summed E-state index contributed by atoms with van der Waals surface area (Å²) in [5.74, 6) is 0.854. The molecule has 2 unspecified atom stereocenters. The van der Waals surface area contributed by atoms with Crippen molar-refractivity contribution in [1.29, 1.82) is 0 Å².